The first-order valence-electron chi connectivity index (χ1n) is 13.8. The summed E-state index contributed by atoms with van der Waals surface area (Å²) in [5.74, 6) is 0.119. The van der Waals surface area contributed by atoms with Gasteiger partial charge in [-0.15, -0.1) is 11.8 Å². The molecule has 228 valence electrons. The number of nitrogens with zero attached hydrogens (tertiary/aromatic N) is 1. The van der Waals surface area contributed by atoms with Gasteiger partial charge in [0.1, 0.15) is 5.70 Å². The monoisotopic (exact) mass is 638 g/mol. The lowest BCUT2D eigenvalue weighted by Gasteiger charge is -2.13. The zero-order valence-corrected chi connectivity index (χ0v) is 26.4. The predicted octanol–water partition coefficient (Wildman–Crippen LogP) is 6.76. The summed E-state index contributed by atoms with van der Waals surface area (Å²) in [6.45, 7) is 2.02. The van der Waals surface area contributed by atoms with Gasteiger partial charge in [0, 0.05) is 16.1 Å². The van der Waals surface area contributed by atoms with E-state index < -0.39 is 11.8 Å². The molecule has 5 rings (SSSR count). The lowest BCUT2D eigenvalue weighted by molar-refractivity contribution is -0.114. The average Bonchev–Trinajstić information content (AvgIpc) is 3.45. The molecule has 0 unspecified atom stereocenters. The Kier molecular flexibility index (Phi) is 10.1. The number of aryl methyl sites for hydroxylation is 1. The van der Waals surface area contributed by atoms with E-state index in [4.69, 9.17) is 9.47 Å². The Morgan fingerprint density at radius 1 is 0.867 bits per heavy atom. The molecule has 0 aliphatic heterocycles. The van der Waals surface area contributed by atoms with E-state index in [9.17, 15) is 14.4 Å². The number of amides is 3. The van der Waals surface area contributed by atoms with Gasteiger partial charge in [-0.05, 0) is 84.8 Å². The van der Waals surface area contributed by atoms with Crippen molar-refractivity contribution in [3.8, 4) is 11.5 Å². The highest BCUT2D eigenvalue weighted by Gasteiger charge is 2.16. The number of anilines is 2. The topological polar surface area (TPSA) is 119 Å². The summed E-state index contributed by atoms with van der Waals surface area (Å²) < 4.78 is 11.7. The number of methoxy groups -OCH3 is 2. The fourth-order valence-electron chi connectivity index (χ4n) is 4.27. The zero-order valence-electron chi connectivity index (χ0n) is 24.7. The van der Waals surface area contributed by atoms with Crippen LogP contribution in [0.25, 0.3) is 16.3 Å². The second-order valence-electron chi connectivity index (χ2n) is 9.80. The van der Waals surface area contributed by atoms with Crippen LogP contribution in [-0.2, 0) is 9.59 Å². The van der Waals surface area contributed by atoms with Crippen LogP contribution in [0.4, 0.5) is 10.8 Å². The number of carbonyl (C=O) groups excluding carboxylic acids is 3. The third kappa shape index (κ3) is 8.28. The van der Waals surface area contributed by atoms with Gasteiger partial charge < -0.3 is 25.4 Å². The van der Waals surface area contributed by atoms with Crippen LogP contribution in [0.5, 0.6) is 11.5 Å². The molecule has 0 spiro atoms. The van der Waals surface area contributed by atoms with Crippen LogP contribution in [0.2, 0.25) is 0 Å². The fourth-order valence-corrected chi connectivity index (χ4v) is 5.95. The Hall–Kier alpha value is -5.13. The van der Waals surface area contributed by atoms with Crippen molar-refractivity contribution in [2.45, 2.75) is 11.8 Å². The maximum absolute atomic E-state index is 13.4. The van der Waals surface area contributed by atoms with Gasteiger partial charge in [-0.3, -0.25) is 14.4 Å². The molecule has 0 fully saturated rings. The molecule has 45 heavy (non-hydrogen) atoms. The Morgan fingerprint density at radius 3 is 2.36 bits per heavy atom. The Bertz CT molecular complexity index is 1870. The van der Waals surface area contributed by atoms with E-state index in [1.807, 2.05) is 43.3 Å². The summed E-state index contributed by atoms with van der Waals surface area (Å²) in [4.78, 5) is 44.2. The van der Waals surface area contributed by atoms with Crippen LogP contribution in [0.15, 0.2) is 102 Å². The van der Waals surface area contributed by atoms with Gasteiger partial charge >= 0.3 is 0 Å². The molecule has 0 radical (unpaired) electrons. The largest absolute Gasteiger partial charge is 0.493 e. The molecular formula is C34H30N4O5S2. The molecule has 0 aliphatic rings. The maximum Gasteiger partial charge on any atom is 0.272 e. The van der Waals surface area contributed by atoms with Gasteiger partial charge in [0.05, 0.1) is 30.2 Å². The summed E-state index contributed by atoms with van der Waals surface area (Å²) in [5.41, 5.74) is 3.58. The molecule has 0 aliphatic carbocycles. The van der Waals surface area contributed by atoms with Crippen LogP contribution in [0.3, 0.4) is 0 Å². The highest BCUT2D eigenvalue weighted by Crippen LogP contribution is 2.29. The highest BCUT2D eigenvalue weighted by atomic mass is 32.2. The standard InChI is InChI=1S/C34H30N4O5S2/c1-21-9-15-26-30(17-21)45-34(37-26)38-31(39)20-44-25-13-11-24(12-14-25)35-33(41)27(36-32(40)23-7-5-4-6-8-23)18-22-10-16-28(42-2)29(19-22)43-3/h4-19H,20H2,1-3H3,(H,35,41)(H,36,40)(H,37,38,39)/b27-18-. The second-order valence-corrected chi connectivity index (χ2v) is 11.9. The van der Waals surface area contributed by atoms with Gasteiger partial charge in [-0.1, -0.05) is 41.7 Å². The molecule has 0 atom stereocenters. The number of aromatic nitrogens is 1. The van der Waals surface area contributed by atoms with E-state index in [0.717, 1.165) is 20.7 Å². The summed E-state index contributed by atoms with van der Waals surface area (Å²) >= 11 is 2.81. The number of fused-ring (bicyclic) bond motifs is 1. The maximum atomic E-state index is 13.4. The van der Waals surface area contributed by atoms with Crippen molar-refractivity contribution in [1.29, 1.82) is 0 Å². The normalized spacial score (nSPS) is 11.1. The van der Waals surface area contributed by atoms with Gasteiger partial charge in [-0.25, -0.2) is 4.98 Å². The highest BCUT2D eigenvalue weighted by molar-refractivity contribution is 8.00. The Morgan fingerprint density at radius 2 is 1.62 bits per heavy atom. The van der Waals surface area contributed by atoms with Crippen molar-refractivity contribution in [2.24, 2.45) is 0 Å². The molecule has 3 N–H and O–H groups in total. The van der Waals surface area contributed by atoms with Crippen molar-refractivity contribution >= 4 is 67.9 Å². The van der Waals surface area contributed by atoms with E-state index in [1.54, 1.807) is 60.7 Å². The van der Waals surface area contributed by atoms with Crippen molar-refractivity contribution in [2.75, 3.05) is 30.6 Å². The first-order valence-corrected chi connectivity index (χ1v) is 15.6. The van der Waals surface area contributed by atoms with Gasteiger partial charge in [-0.2, -0.15) is 0 Å². The van der Waals surface area contributed by atoms with E-state index in [-0.39, 0.29) is 17.4 Å². The van der Waals surface area contributed by atoms with Crippen LogP contribution < -0.4 is 25.4 Å². The molecule has 3 amide bonds. The van der Waals surface area contributed by atoms with Gasteiger partial charge in [0.15, 0.2) is 16.6 Å². The number of hydrogen-bond acceptors (Lipinski definition) is 8. The van der Waals surface area contributed by atoms with Crippen molar-refractivity contribution < 1.29 is 23.9 Å². The van der Waals surface area contributed by atoms with Crippen LogP contribution in [-0.4, -0.2) is 42.7 Å². The number of benzene rings is 4. The quantitative estimate of drug-likeness (QED) is 0.108. The molecule has 1 heterocycles. The van der Waals surface area contributed by atoms with Crippen LogP contribution in [0, 0.1) is 6.92 Å². The minimum Gasteiger partial charge on any atom is -0.493 e. The SMILES string of the molecule is COc1ccc(/C=C(\NC(=O)c2ccccc2)C(=O)Nc2ccc(SCC(=O)Nc3nc4ccc(C)cc4s3)cc2)cc1OC. The number of thiazole rings is 1. The molecular weight excluding hydrogens is 609 g/mol. The van der Waals surface area contributed by atoms with Crippen LogP contribution in [0.1, 0.15) is 21.5 Å². The number of rotatable bonds is 11. The van der Waals surface area contributed by atoms with Crippen molar-refractivity contribution in [3.63, 3.8) is 0 Å². The molecule has 0 saturated carbocycles. The number of thioether (sulfide) groups is 1. The first kappa shape index (κ1) is 31.3. The summed E-state index contributed by atoms with van der Waals surface area (Å²) in [7, 11) is 3.06. The van der Waals surface area contributed by atoms with Crippen molar-refractivity contribution in [3.05, 3.63) is 113 Å². The molecule has 1 aromatic heterocycles. The number of nitrogens with one attached hydrogen (secondary N) is 3. The predicted molar refractivity (Wildman–Crippen MR) is 180 cm³/mol. The first-order chi connectivity index (χ1) is 21.8. The average molecular weight is 639 g/mol. The number of hydrogen-bond donors (Lipinski definition) is 3. The Balaban J connectivity index is 1.24. The van der Waals surface area contributed by atoms with E-state index in [1.165, 1.54) is 37.3 Å². The minimum absolute atomic E-state index is 0.0382. The molecule has 11 heteroatoms. The zero-order chi connectivity index (χ0) is 31.8. The van der Waals surface area contributed by atoms with E-state index in [0.29, 0.717) is 33.4 Å². The lowest BCUT2D eigenvalue weighted by Crippen LogP contribution is -2.30. The third-order valence-electron chi connectivity index (χ3n) is 6.52. The summed E-state index contributed by atoms with van der Waals surface area (Å²) in [5, 5.41) is 9.00. The van der Waals surface area contributed by atoms with E-state index >= 15 is 0 Å². The smallest absolute Gasteiger partial charge is 0.272 e. The van der Waals surface area contributed by atoms with Gasteiger partial charge in [0.2, 0.25) is 5.91 Å². The summed E-state index contributed by atoms with van der Waals surface area (Å²) in [6.07, 6.45) is 1.56. The van der Waals surface area contributed by atoms with E-state index in [2.05, 4.69) is 20.9 Å². The minimum atomic E-state index is -0.514. The molecule has 9 nitrogen and oxygen atoms in total. The molecule has 4 aromatic carbocycles. The number of ether oxygens (including phenoxy) is 2. The van der Waals surface area contributed by atoms with Crippen molar-refractivity contribution in [1.82, 2.24) is 10.3 Å². The number of carbonyl (C=O) groups is 3. The third-order valence-corrected chi connectivity index (χ3v) is 8.47. The lowest BCUT2D eigenvalue weighted by atomic mass is 10.1. The Labute approximate surface area is 268 Å². The summed E-state index contributed by atoms with van der Waals surface area (Å²) in [6, 6.07) is 26.9. The van der Waals surface area contributed by atoms with Crippen LogP contribution >= 0.6 is 23.1 Å². The second kappa shape index (κ2) is 14.6. The molecule has 0 bridgehead atoms. The molecule has 5 aromatic rings. The van der Waals surface area contributed by atoms with Gasteiger partial charge in [0.25, 0.3) is 11.8 Å². The molecule has 0 saturated heterocycles. The fraction of sp³-hybridized carbons (Fsp3) is 0.118.